The summed E-state index contributed by atoms with van der Waals surface area (Å²) in [6.45, 7) is 0.493. The first-order valence-electron chi connectivity index (χ1n) is 11.0. The third kappa shape index (κ3) is 3.63. The number of benzene rings is 2. The third-order valence-electron chi connectivity index (χ3n) is 6.44. The zero-order chi connectivity index (χ0) is 21.4. The first kappa shape index (κ1) is 19.5. The predicted molar refractivity (Wildman–Crippen MR) is 118 cm³/mol. The summed E-state index contributed by atoms with van der Waals surface area (Å²) in [6.07, 6.45) is 7.60. The number of carbonyl (C=O) groups is 3. The highest BCUT2D eigenvalue weighted by atomic mass is 16.2. The van der Waals surface area contributed by atoms with Crippen LogP contribution in [0.2, 0.25) is 0 Å². The highest BCUT2D eigenvalue weighted by Gasteiger charge is 2.40. The van der Waals surface area contributed by atoms with Gasteiger partial charge in [0.15, 0.2) is 0 Å². The Morgan fingerprint density at radius 1 is 0.968 bits per heavy atom. The largest absolute Gasteiger partial charge is 0.361 e. The van der Waals surface area contributed by atoms with Gasteiger partial charge in [-0.1, -0.05) is 25.3 Å². The number of rotatable bonds is 5. The van der Waals surface area contributed by atoms with Crippen molar-refractivity contribution >= 4 is 28.6 Å². The summed E-state index contributed by atoms with van der Waals surface area (Å²) in [4.78, 5) is 43.0. The first-order chi connectivity index (χ1) is 15.1. The average molecular weight is 415 g/mol. The fraction of sp³-hybridized carbons (Fsp3) is 0.320. The molecule has 2 aliphatic rings. The predicted octanol–water partition coefficient (Wildman–Crippen LogP) is 4.07. The van der Waals surface area contributed by atoms with E-state index in [1.165, 1.54) is 4.90 Å². The molecule has 0 spiro atoms. The van der Waals surface area contributed by atoms with Gasteiger partial charge in [0.2, 0.25) is 0 Å². The summed E-state index contributed by atoms with van der Waals surface area (Å²) in [5.74, 6) is -0.720. The Balaban J connectivity index is 1.25. The van der Waals surface area contributed by atoms with Crippen molar-refractivity contribution in [2.24, 2.45) is 0 Å². The molecular weight excluding hydrogens is 390 g/mol. The molecule has 1 fully saturated rings. The van der Waals surface area contributed by atoms with Crippen LogP contribution in [0.25, 0.3) is 10.9 Å². The summed E-state index contributed by atoms with van der Waals surface area (Å²) in [6, 6.07) is 13.0. The van der Waals surface area contributed by atoms with Gasteiger partial charge in [-0.15, -0.1) is 0 Å². The number of imide groups is 1. The Kier molecular flexibility index (Phi) is 5.06. The van der Waals surface area contributed by atoms with Gasteiger partial charge in [0.05, 0.1) is 11.1 Å². The number of carbonyl (C=O) groups excluding carboxylic acids is 3. The highest BCUT2D eigenvalue weighted by molar-refractivity contribution is 6.22. The van der Waals surface area contributed by atoms with E-state index in [-0.39, 0.29) is 23.8 Å². The molecule has 3 amide bonds. The van der Waals surface area contributed by atoms with E-state index in [0.29, 0.717) is 29.7 Å². The van der Waals surface area contributed by atoms with Gasteiger partial charge in [-0.3, -0.25) is 19.3 Å². The van der Waals surface area contributed by atoms with E-state index < -0.39 is 0 Å². The molecule has 2 aromatic carbocycles. The van der Waals surface area contributed by atoms with E-state index in [1.54, 1.807) is 18.2 Å². The number of hydrogen-bond donors (Lipinski definition) is 2. The van der Waals surface area contributed by atoms with Crippen LogP contribution in [-0.2, 0) is 6.42 Å². The topological polar surface area (TPSA) is 82.3 Å². The lowest BCUT2D eigenvalue weighted by Gasteiger charge is -2.29. The molecule has 2 heterocycles. The van der Waals surface area contributed by atoms with Gasteiger partial charge in [0.1, 0.15) is 0 Å². The van der Waals surface area contributed by atoms with Gasteiger partial charge < -0.3 is 10.3 Å². The lowest BCUT2D eigenvalue weighted by Crippen LogP contribution is -2.40. The van der Waals surface area contributed by atoms with Gasteiger partial charge in [-0.2, -0.15) is 0 Å². The van der Waals surface area contributed by atoms with Crippen molar-refractivity contribution in [2.45, 2.75) is 44.6 Å². The molecule has 0 radical (unpaired) electrons. The Morgan fingerprint density at radius 3 is 2.61 bits per heavy atom. The van der Waals surface area contributed by atoms with Crippen LogP contribution in [0.3, 0.4) is 0 Å². The van der Waals surface area contributed by atoms with Crippen molar-refractivity contribution in [3.05, 3.63) is 70.9 Å². The molecule has 3 aromatic rings. The molecular formula is C25H25N3O3. The molecule has 0 atom stereocenters. The quantitative estimate of drug-likeness (QED) is 0.617. The number of aromatic amines is 1. The van der Waals surface area contributed by atoms with Crippen molar-refractivity contribution in [3.8, 4) is 0 Å². The average Bonchev–Trinajstić information content (AvgIpc) is 3.36. The summed E-state index contributed by atoms with van der Waals surface area (Å²) in [7, 11) is 0. The van der Waals surface area contributed by atoms with Gasteiger partial charge in [-0.25, -0.2) is 0 Å². The number of fused-ring (bicyclic) bond motifs is 2. The maximum absolute atomic E-state index is 12.9. The van der Waals surface area contributed by atoms with Crippen LogP contribution in [0.5, 0.6) is 0 Å². The van der Waals surface area contributed by atoms with Crippen LogP contribution < -0.4 is 5.32 Å². The molecule has 2 N–H and O–H groups in total. The van der Waals surface area contributed by atoms with Crippen LogP contribution in [0.15, 0.2) is 48.7 Å². The Bertz CT molecular complexity index is 1170. The van der Waals surface area contributed by atoms with E-state index >= 15 is 0 Å². The SMILES string of the molecule is O=C(NCCc1ccc2[nH]ccc2c1)c1ccc2c(c1)C(=O)N(C1CCCCC1)C2=O. The first-order valence-corrected chi connectivity index (χ1v) is 11.0. The molecule has 1 aromatic heterocycles. The van der Waals surface area contributed by atoms with Crippen molar-refractivity contribution in [1.29, 1.82) is 0 Å². The number of nitrogens with one attached hydrogen (secondary N) is 2. The van der Waals surface area contributed by atoms with E-state index in [9.17, 15) is 14.4 Å². The van der Waals surface area contributed by atoms with E-state index in [2.05, 4.69) is 16.4 Å². The van der Waals surface area contributed by atoms with E-state index in [0.717, 1.165) is 48.6 Å². The zero-order valence-corrected chi connectivity index (χ0v) is 17.3. The third-order valence-corrected chi connectivity index (χ3v) is 6.44. The lowest BCUT2D eigenvalue weighted by atomic mass is 9.94. The molecule has 6 nitrogen and oxygen atoms in total. The van der Waals surface area contributed by atoms with Crippen LogP contribution in [0.1, 0.15) is 68.7 Å². The van der Waals surface area contributed by atoms with Gasteiger partial charge in [0, 0.05) is 29.9 Å². The second-order valence-electron chi connectivity index (χ2n) is 8.44. The Morgan fingerprint density at radius 2 is 1.77 bits per heavy atom. The zero-order valence-electron chi connectivity index (χ0n) is 17.3. The van der Waals surface area contributed by atoms with Crippen molar-refractivity contribution < 1.29 is 14.4 Å². The van der Waals surface area contributed by atoms with Gasteiger partial charge >= 0.3 is 0 Å². The van der Waals surface area contributed by atoms with Crippen LogP contribution >= 0.6 is 0 Å². The molecule has 1 aliphatic heterocycles. The molecule has 31 heavy (non-hydrogen) atoms. The summed E-state index contributed by atoms with van der Waals surface area (Å²) in [5.41, 5.74) is 3.40. The summed E-state index contributed by atoms with van der Waals surface area (Å²) in [5, 5.41) is 4.07. The second kappa shape index (κ2) is 8.02. The molecule has 1 aliphatic carbocycles. The van der Waals surface area contributed by atoms with Crippen LogP contribution in [0, 0.1) is 0 Å². The van der Waals surface area contributed by atoms with Crippen molar-refractivity contribution in [1.82, 2.24) is 15.2 Å². The highest BCUT2D eigenvalue weighted by Crippen LogP contribution is 2.31. The standard InChI is InChI=1S/C25H25N3O3/c29-23(27-12-10-16-6-9-22-17(14-16)11-13-26-22)18-7-8-20-21(15-18)25(31)28(24(20)30)19-4-2-1-3-5-19/h6-9,11,13-15,19,26H,1-5,10,12H2,(H,27,29). The second-order valence-corrected chi connectivity index (χ2v) is 8.44. The Hall–Kier alpha value is -3.41. The van der Waals surface area contributed by atoms with E-state index in [4.69, 9.17) is 0 Å². The van der Waals surface area contributed by atoms with Gasteiger partial charge in [0.25, 0.3) is 17.7 Å². The molecule has 6 heteroatoms. The molecule has 5 rings (SSSR count). The van der Waals surface area contributed by atoms with Crippen LogP contribution in [0.4, 0.5) is 0 Å². The minimum Gasteiger partial charge on any atom is -0.361 e. The molecule has 0 saturated heterocycles. The number of H-pyrrole nitrogens is 1. The Labute approximate surface area is 180 Å². The number of nitrogens with zero attached hydrogens (tertiary/aromatic N) is 1. The van der Waals surface area contributed by atoms with E-state index in [1.807, 2.05) is 24.4 Å². The van der Waals surface area contributed by atoms with Crippen molar-refractivity contribution in [3.63, 3.8) is 0 Å². The number of hydrogen-bond acceptors (Lipinski definition) is 3. The minimum absolute atomic E-state index is 0.0178. The molecule has 158 valence electrons. The molecule has 0 unspecified atom stereocenters. The number of aromatic nitrogens is 1. The maximum Gasteiger partial charge on any atom is 0.261 e. The van der Waals surface area contributed by atoms with Gasteiger partial charge in [-0.05, 0) is 66.6 Å². The smallest absolute Gasteiger partial charge is 0.261 e. The molecule has 0 bridgehead atoms. The fourth-order valence-electron chi connectivity index (χ4n) is 4.75. The van der Waals surface area contributed by atoms with Crippen molar-refractivity contribution in [2.75, 3.05) is 6.54 Å². The number of amides is 3. The molecule has 1 saturated carbocycles. The summed E-state index contributed by atoms with van der Waals surface area (Å²) < 4.78 is 0. The fourth-order valence-corrected chi connectivity index (χ4v) is 4.75. The minimum atomic E-state index is -0.263. The monoisotopic (exact) mass is 415 g/mol. The maximum atomic E-state index is 12.9. The normalized spacial score (nSPS) is 16.7. The summed E-state index contributed by atoms with van der Waals surface area (Å²) >= 11 is 0. The lowest BCUT2D eigenvalue weighted by molar-refractivity contribution is 0.0548. The van der Waals surface area contributed by atoms with Crippen LogP contribution in [-0.4, -0.2) is 40.2 Å².